The smallest absolute Gasteiger partial charge is 0.234 e. The SMILES string of the molecule is Cc1cc(C)c(NC(=O)CSc2ncc(CO)n2Cc2ccccc2)c(C)c1. The van der Waals surface area contributed by atoms with E-state index in [1.807, 2.05) is 55.7 Å². The predicted octanol–water partition coefficient (Wildman–Crippen LogP) is 4.08. The molecule has 0 unspecified atom stereocenters. The molecule has 1 amide bonds. The molecule has 0 atom stereocenters. The van der Waals surface area contributed by atoms with Crippen LogP contribution in [0.1, 0.15) is 27.9 Å². The number of aliphatic hydroxyl groups is 1. The highest BCUT2D eigenvalue weighted by Gasteiger charge is 2.14. The topological polar surface area (TPSA) is 67.2 Å². The molecule has 1 aromatic heterocycles. The molecule has 0 saturated heterocycles. The van der Waals surface area contributed by atoms with Crippen molar-refractivity contribution < 1.29 is 9.90 Å². The first-order valence-electron chi connectivity index (χ1n) is 9.17. The molecule has 0 aliphatic carbocycles. The number of aliphatic hydroxyl groups excluding tert-OH is 1. The number of hydrogen-bond donors (Lipinski definition) is 2. The lowest BCUT2D eigenvalue weighted by Crippen LogP contribution is -2.16. The summed E-state index contributed by atoms with van der Waals surface area (Å²) < 4.78 is 1.95. The van der Waals surface area contributed by atoms with Crippen molar-refractivity contribution in [3.05, 3.63) is 76.6 Å². The van der Waals surface area contributed by atoms with E-state index in [1.54, 1.807) is 6.20 Å². The molecule has 0 fully saturated rings. The van der Waals surface area contributed by atoms with Gasteiger partial charge in [0.25, 0.3) is 0 Å². The van der Waals surface area contributed by atoms with Crippen molar-refractivity contribution in [2.75, 3.05) is 11.1 Å². The number of rotatable bonds is 7. The predicted molar refractivity (Wildman–Crippen MR) is 114 cm³/mol. The Balaban J connectivity index is 1.69. The summed E-state index contributed by atoms with van der Waals surface area (Å²) in [6.07, 6.45) is 1.66. The van der Waals surface area contributed by atoms with Gasteiger partial charge in [0.05, 0.1) is 24.3 Å². The number of aryl methyl sites for hydroxylation is 3. The molecule has 28 heavy (non-hydrogen) atoms. The van der Waals surface area contributed by atoms with Crippen LogP contribution in [0.25, 0.3) is 0 Å². The second-order valence-electron chi connectivity index (χ2n) is 6.87. The van der Waals surface area contributed by atoms with Crippen molar-refractivity contribution in [3.63, 3.8) is 0 Å². The van der Waals surface area contributed by atoms with Crippen LogP contribution in [0.3, 0.4) is 0 Å². The monoisotopic (exact) mass is 395 g/mol. The Morgan fingerprint density at radius 1 is 1.14 bits per heavy atom. The van der Waals surface area contributed by atoms with Gasteiger partial charge in [-0.3, -0.25) is 4.79 Å². The Kier molecular flexibility index (Phi) is 6.54. The standard InChI is InChI=1S/C22H25N3O2S/c1-15-9-16(2)21(17(3)10-15)24-20(27)14-28-22-23-11-19(13-26)25(22)12-18-7-5-4-6-8-18/h4-11,26H,12-14H2,1-3H3,(H,24,27). The van der Waals surface area contributed by atoms with Crippen LogP contribution in [-0.2, 0) is 17.9 Å². The maximum Gasteiger partial charge on any atom is 0.234 e. The van der Waals surface area contributed by atoms with Crippen LogP contribution in [0.4, 0.5) is 5.69 Å². The van der Waals surface area contributed by atoms with E-state index in [0.29, 0.717) is 6.54 Å². The Labute approximate surface area is 169 Å². The van der Waals surface area contributed by atoms with E-state index in [2.05, 4.69) is 22.4 Å². The van der Waals surface area contributed by atoms with Gasteiger partial charge in [-0.15, -0.1) is 0 Å². The Bertz CT molecular complexity index is 944. The molecule has 0 aliphatic heterocycles. The summed E-state index contributed by atoms with van der Waals surface area (Å²) in [5.74, 6) is 0.184. The minimum absolute atomic E-state index is 0.0696. The largest absolute Gasteiger partial charge is 0.390 e. The second-order valence-corrected chi connectivity index (χ2v) is 7.82. The van der Waals surface area contributed by atoms with Crippen molar-refractivity contribution in [1.29, 1.82) is 0 Å². The average molecular weight is 396 g/mol. The lowest BCUT2D eigenvalue weighted by Gasteiger charge is -2.13. The van der Waals surface area contributed by atoms with E-state index in [1.165, 1.54) is 17.3 Å². The Morgan fingerprint density at radius 2 is 1.82 bits per heavy atom. The summed E-state index contributed by atoms with van der Waals surface area (Å²) in [6.45, 7) is 6.57. The van der Waals surface area contributed by atoms with Gasteiger partial charge < -0.3 is 15.0 Å². The molecular weight excluding hydrogens is 370 g/mol. The fourth-order valence-electron chi connectivity index (χ4n) is 3.25. The third-order valence-corrected chi connectivity index (χ3v) is 5.51. The van der Waals surface area contributed by atoms with Crippen LogP contribution < -0.4 is 5.32 Å². The van der Waals surface area contributed by atoms with Crippen molar-refractivity contribution in [3.8, 4) is 0 Å². The normalized spacial score (nSPS) is 10.9. The van der Waals surface area contributed by atoms with Crippen LogP contribution in [0.5, 0.6) is 0 Å². The molecule has 6 heteroatoms. The van der Waals surface area contributed by atoms with Gasteiger partial charge in [0.2, 0.25) is 5.91 Å². The van der Waals surface area contributed by atoms with Gasteiger partial charge in [-0.25, -0.2) is 4.98 Å². The van der Waals surface area contributed by atoms with Crippen molar-refractivity contribution in [2.24, 2.45) is 0 Å². The molecule has 0 saturated carbocycles. The third kappa shape index (κ3) is 4.82. The quantitative estimate of drug-likeness (QED) is 0.592. The van der Waals surface area contributed by atoms with Gasteiger partial charge in [0.15, 0.2) is 5.16 Å². The van der Waals surface area contributed by atoms with Crippen molar-refractivity contribution >= 4 is 23.4 Å². The molecule has 5 nitrogen and oxygen atoms in total. The Morgan fingerprint density at radius 3 is 2.46 bits per heavy atom. The number of benzene rings is 2. The van der Waals surface area contributed by atoms with E-state index in [9.17, 15) is 9.90 Å². The van der Waals surface area contributed by atoms with Gasteiger partial charge in [0, 0.05) is 12.2 Å². The number of imidazole rings is 1. The molecule has 1 heterocycles. The molecule has 2 aromatic carbocycles. The molecule has 2 N–H and O–H groups in total. The summed E-state index contributed by atoms with van der Waals surface area (Å²) in [7, 11) is 0. The average Bonchev–Trinajstić information content (AvgIpc) is 3.05. The molecule has 146 valence electrons. The van der Waals surface area contributed by atoms with Gasteiger partial charge in [-0.1, -0.05) is 59.8 Å². The van der Waals surface area contributed by atoms with Crippen LogP contribution in [0, 0.1) is 20.8 Å². The number of anilines is 1. The van der Waals surface area contributed by atoms with Crippen LogP contribution >= 0.6 is 11.8 Å². The summed E-state index contributed by atoms with van der Waals surface area (Å²) in [4.78, 5) is 16.9. The Hall–Kier alpha value is -2.57. The van der Waals surface area contributed by atoms with Crippen LogP contribution in [-0.4, -0.2) is 26.3 Å². The summed E-state index contributed by atoms with van der Waals surface area (Å²) >= 11 is 1.37. The molecule has 0 spiro atoms. The second kappa shape index (κ2) is 9.08. The lowest BCUT2D eigenvalue weighted by molar-refractivity contribution is -0.113. The van der Waals surface area contributed by atoms with Crippen molar-refractivity contribution in [1.82, 2.24) is 9.55 Å². The maximum atomic E-state index is 12.5. The molecule has 0 aliphatic rings. The zero-order chi connectivity index (χ0) is 20.1. The van der Waals surface area contributed by atoms with Crippen LogP contribution in [0.2, 0.25) is 0 Å². The van der Waals surface area contributed by atoms with Gasteiger partial charge in [-0.2, -0.15) is 0 Å². The first-order chi connectivity index (χ1) is 13.5. The highest BCUT2D eigenvalue weighted by atomic mass is 32.2. The number of hydrogen-bond acceptors (Lipinski definition) is 4. The van der Waals surface area contributed by atoms with Crippen LogP contribution in [0.15, 0.2) is 53.8 Å². The molecule has 0 radical (unpaired) electrons. The van der Waals surface area contributed by atoms with E-state index in [-0.39, 0.29) is 18.3 Å². The molecule has 3 rings (SSSR count). The fraction of sp³-hybridized carbons (Fsp3) is 0.273. The number of aromatic nitrogens is 2. The zero-order valence-electron chi connectivity index (χ0n) is 16.4. The number of thioether (sulfide) groups is 1. The van der Waals surface area contributed by atoms with E-state index in [4.69, 9.17) is 0 Å². The van der Waals surface area contributed by atoms with E-state index >= 15 is 0 Å². The number of nitrogens with one attached hydrogen (secondary N) is 1. The number of nitrogens with zero attached hydrogens (tertiary/aromatic N) is 2. The zero-order valence-corrected chi connectivity index (χ0v) is 17.2. The molecular formula is C22H25N3O2S. The van der Waals surface area contributed by atoms with E-state index < -0.39 is 0 Å². The molecule has 3 aromatic rings. The number of amides is 1. The lowest BCUT2D eigenvalue weighted by atomic mass is 10.1. The van der Waals surface area contributed by atoms with E-state index in [0.717, 1.165) is 33.2 Å². The fourth-order valence-corrected chi connectivity index (χ4v) is 4.05. The molecule has 0 bridgehead atoms. The van der Waals surface area contributed by atoms with Crippen molar-refractivity contribution in [2.45, 2.75) is 39.1 Å². The van der Waals surface area contributed by atoms with Gasteiger partial charge >= 0.3 is 0 Å². The number of carbonyl (C=O) groups is 1. The van der Waals surface area contributed by atoms with Gasteiger partial charge in [-0.05, 0) is 37.5 Å². The third-order valence-electron chi connectivity index (χ3n) is 4.52. The maximum absolute atomic E-state index is 12.5. The van der Waals surface area contributed by atoms with Gasteiger partial charge in [0.1, 0.15) is 0 Å². The number of carbonyl (C=O) groups excluding carboxylic acids is 1. The summed E-state index contributed by atoms with van der Waals surface area (Å²) in [6, 6.07) is 14.1. The summed E-state index contributed by atoms with van der Waals surface area (Å²) in [5, 5.41) is 13.4. The highest BCUT2D eigenvalue weighted by Crippen LogP contribution is 2.24. The first kappa shape index (κ1) is 20.2. The summed E-state index contributed by atoms with van der Waals surface area (Å²) in [5.41, 5.74) is 6.03. The minimum atomic E-state index is -0.0889. The first-order valence-corrected chi connectivity index (χ1v) is 10.2. The minimum Gasteiger partial charge on any atom is -0.390 e. The highest BCUT2D eigenvalue weighted by molar-refractivity contribution is 7.99.